The third-order valence-corrected chi connectivity index (χ3v) is 14.1. The van der Waals surface area contributed by atoms with Gasteiger partial charge in [-0.3, -0.25) is 0 Å². The smallest absolute Gasteiger partial charge is 0.164 e. The number of aromatic nitrogens is 4. The molecular formula is C64H40N4O. The second-order valence-corrected chi connectivity index (χ2v) is 17.8. The van der Waals surface area contributed by atoms with E-state index >= 15 is 0 Å². The third kappa shape index (κ3) is 5.94. The number of benzene rings is 10. The molecule has 0 spiro atoms. The molecule has 69 heavy (non-hydrogen) atoms. The molecule has 3 aromatic heterocycles. The quantitative estimate of drug-likeness (QED) is 0.160. The Morgan fingerprint density at radius 2 is 0.913 bits per heavy atom. The first-order chi connectivity index (χ1) is 34.2. The average Bonchev–Trinajstić information content (AvgIpc) is 4.08. The van der Waals surface area contributed by atoms with Gasteiger partial charge in [0.05, 0.1) is 16.4 Å². The van der Waals surface area contributed by atoms with Gasteiger partial charge in [0.25, 0.3) is 0 Å². The molecule has 0 fully saturated rings. The first-order valence-electron chi connectivity index (χ1n) is 23.4. The van der Waals surface area contributed by atoms with E-state index in [1.807, 2.05) is 66.7 Å². The zero-order valence-corrected chi connectivity index (χ0v) is 37.3. The molecule has 13 aromatic rings. The van der Waals surface area contributed by atoms with Crippen molar-refractivity contribution in [1.29, 1.82) is 0 Å². The number of para-hydroxylation sites is 1. The summed E-state index contributed by atoms with van der Waals surface area (Å²) in [5.41, 5.74) is 16.6. The fraction of sp³-hybridized carbons (Fsp3) is 0.0156. The van der Waals surface area contributed by atoms with Gasteiger partial charge in [-0.25, -0.2) is 15.0 Å². The summed E-state index contributed by atoms with van der Waals surface area (Å²) in [6, 6.07) is 86.3. The average molecular weight is 881 g/mol. The molecule has 0 saturated heterocycles. The maximum absolute atomic E-state index is 7.05. The molecule has 0 unspecified atom stereocenters. The molecule has 14 rings (SSSR count). The summed E-state index contributed by atoms with van der Waals surface area (Å²) < 4.78 is 9.47. The van der Waals surface area contributed by atoms with Gasteiger partial charge in [-0.15, -0.1) is 0 Å². The van der Waals surface area contributed by atoms with Gasteiger partial charge in [-0.1, -0.05) is 200 Å². The summed E-state index contributed by atoms with van der Waals surface area (Å²) in [4.78, 5) is 15.5. The van der Waals surface area contributed by atoms with Crippen molar-refractivity contribution in [2.45, 2.75) is 5.41 Å². The molecule has 10 aromatic carbocycles. The molecule has 0 aliphatic heterocycles. The van der Waals surface area contributed by atoms with E-state index in [0.29, 0.717) is 17.5 Å². The highest BCUT2D eigenvalue weighted by Gasteiger charge is 2.47. The summed E-state index contributed by atoms with van der Waals surface area (Å²) in [5, 5.41) is 4.38. The summed E-state index contributed by atoms with van der Waals surface area (Å²) in [6.07, 6.45) is 0. The highest BCUT2D eigenvalue weighted by atomic mass is 16.3. The van der Waals surface area contributed by atoms with Crippen molar-refractivity contribution in [3.8, 4) is 62.1 Å². The number of hydrogen-bond donors (Lipinski definition) is 0. The van der Waals surface area contributed by atoms with Gasteiger partial charge in [0.1, 0.15) is 11.2 Å². The predicted octanol–water partition coefficient (Wildman–Crippen LogP) is 15.9. The SMILES string of the molecule is c1ccc(-c2cc(-c3nc(-c4ccccc4)nc(-c4ccccc4)n3)c3c(c2)oc2cc(-n4c5ccccc5c5c6c(ccc54)-c4ccccc4C6(c4ccccc4)c4ccccc4)ccc23)cc1. The number of furan rings is 1. The van der Waals surface area contributed by atoms with Crippen LogP contribution in [0.4, 0.5) is 0 Å². The number of nitrogens with zero attached hydrogens (tertiary/aromatic N) is 4. The summed E-state index contributed by atoms with van der Waals surface area (Å²) in [5.74, 6) is 1.80. The molecule has 1 aliphatic rings. The van der Waals surface area contributed by atoms with Crippen LogP contribution in [0, 0.1) is 0 Å². The van der Waals surface area contributed by atoms with E-state index in [1.54, 1.807) is 0 Å². The van der Waals surface area contributed by atoms with Gasteiger partial charge in [0, 0.05) is 50.0 Å². The molecule has 5 nitrogen and oxygen atoms in total. The first kappa shape index (κ1) is 39.0. The second kappa shape index (κ2) is 15.4. The van der Waals surface area contributed by atoms with Gasteiger partial charge >= 0.3 is 0 Å². The van der Waals surface area contributed by atoms with Crippen LogP contribution >= 0.6 is 0 Å². The van der Waals surface area contributed by atoms with Crippen LogP contribution in [0.2, 0.25) is 0 Å². The van der Waals surface area contributed by atoms with Crippen molar-refractivity contribution in [2.24, 2.45) is 0 Å². The van der Waals surface area contributed by atoms with Crippen molar-refractivity contribution in [1.82, 2.24) is 19.5 Å². The van der Waals surface area contributed by atoms with Crippen LogP contribution in [0.3, 0.4) is 0 Å². The van der Waals surface area contributed by atoms with E-state index in [9.17, 15) is 0 Å². The highest BCUT2D eigenvalue weighted by molar-refractivity contribution is 6.17. The largest absolute Gasteiger partial charge is 0.456 e. The Balaban J connectivity index is 1.03. The first-order valence-corrected chi connectivity index (χ1v) is 23.4. The second-order valence-electron chi connectivity index (χ2n) is 17.8. The summed E-state index contributed by atoms with van der Waals surface area (Å²) in [7, 11) is 0. The van der Waals surface area contributed by atoms with Crippen LogP contribution in [0.5, 0.6) is 0 Å². The topological polar surface area (TPSA) is 56.7 Å². The van der Waals surface area contributed by atoms with Gasteiger partial charge in [-0.05, 0) is 80.9 Å². The maximum Gasteiger partial charge on any atom is 0.164 e. The van der Waals surface area contributed by atoms with Gasteiger partial charge in [-0.2, -0.15) is 0 Å². The van der Waals surface area contributed by atoms with Gasteiger partial charge in [0.15, 0.2) is 17.5 Å². The monoisotopic (exact) mass is 880 g/mol. The number of hydrogen-bond acceptors (Lipinski definition) is 4. The molecule has 1 aliphatic carbocycles. The normalized spacial score (nSPS) is 12.8. The Bertz CT molecular complexity index is 4010. The standard InChI is InChI=1S/C64H40N4O/c1-6-20-41(21-7-1)44-38-52(63-66-61(42-22-8-2-9-23-42)65-62(67-63)43-24-10-3-11-25-43)58-51-35-34-47(40-56(51)69-57(58)39-44)68-54-33-19-17-31-50(54)59-55(68)37-36-49-48-30-16-18-32-53(48)64(60(49)59,45-26-12-4-13-27-45)46-28-14-5-15-29-46/h1-40H. The fourth-order valence-electron chi connectivity index (χ4n) is 11.2. The van der Waals surface area contributed by atoms with Crippen molar-refractivity contribution in [3.63, 3.8) is 0 Å². The van der Waals surface area contributed by atoms with E-state index in [1.165, 1.54) is 44.2 Å². The lowest BCUT2D eigenvalue weighted by Gasteiger charge is -2.34. The van der Waals surface area contributed by atoms with E-state index < -0.39 is 5.41 Å². The molecule has 3 heterocycles. The Labute approximate surface area is 398 Å². The van der Waals surface area contributed by atoms with Crippen molar-refractivity contribution in [2.75, 3.05) is 0 Å². The molecular weight excluding hydrogens is 841 g/mol. The molecule has 0 N–H and O–H groups in total. The lowest BCUT2D eigenvalue weighted by atomic mass is 9.67. The van der Waals surface area contributed by atoms with Crippen molar-refractivity contribution < 1.29 is 4.42 Å². The van der Waals surface area contributed by atoms with Crippen molar-refractivity contribution >= 4 is 43.7 Å². The Morgan fingerprint density at radius 3 is 1.58 bits per heavy atom. The lowest BCUT2D eigenvalue weighted by Crippen LogP contribution is -2.28. The molecule has 0 radical (unpaired) electrons. The summed E-state index contributed by atoms with van der Waals surface area (Å²) >= 11 is 0. The number of rotatable bonds is 7. The van der Waals surface area contributed by atoms with Crippen LogP contribution < -0.4 is 0 Å². The molecule has 0 bridgehead atoms. The third-order valence-electron chi connectivity index (χ3n) is 14.1. The number of fused-ring (bicyclic) bond motifs is 10. The van der Waals surface area contributed by atoms with E-state index in [-0.39, 0.29) is 0 Å². The molecule has 5 heteroatoms. The Kier molecular flexibility index (Phi) is 8.73. The minimum Gasteiger partial charge on any atom is -0.456 e. The molecule has 0 atom stereocenters. The Morgan fingerprint density at radius 1 is 0.348 bits per heavy atom. The van der Waals surface area contributed by atoms with Crippen LogP contribution in [-0.2, 0) is 5.41 Å². The maximum atomic E-state index is 7.05. The molecule has 0 saturated carbocycles. The van der Waals surface area contributed by atoms with E-state index in [4.69, 9.17) is 19.4 Å². The van der Waals surface area contributed by atoms with Crippen LogP contribution in [-0.4, -0.2) is 19.5 Å². The highest BCUT2D eigenvalue weighted by Crippen LogP contribution is 2.59. The van der Waals surface area contributed by atoms with E-state index in [0.717, 1.165) is 66.5 Å². The Hall–Kier alpha value is -9.19. The van der Waals surface area contributed by atoms with Crippen LogP contribution in [0.1, 0.15) is 22.3 Å². The summed E-state index contributed by atoms with van der Waals surface area (Å²) in [6.45, 7) is 0. The van der Waals surface area contributed by atoms with Crippen LogP contribution in [0.15, 0.2) is 247 Å². The minimum atomic E-state index is -0.561. The molecule has 0 amide bonds. The lowest BCUT2D eigenvalue weighted by molar-refractivity contribution is 0.669. The van der Waals surface area contributed by atoms with Gasteiger partial charge < -0.3 is 8.98 Å². The minimum absolute atomic E-state index is 0.561. The molecule has 322 valence electrons. The fourth-order valence-corrected chi connectivity index (χ4v) is 11.2. The zero-order chi connectivity index (χ0) is 45.5. The predicted molar refractivity (Wildman–Crippen MR) is 280 cm³/mol. The van der Waals surface area contributed by atoms with Gasteiger partial charge in [0.2, 0.25) is 0 Å². The van der Waals surface area contributed by atoms with Crippen molar-refractivity contribution in [3.05, 3.63) is 265 Å². The van der Waals surface area contributed by atoms with Crippen LogP contribution in [0.25, 0.3) is 106 Å². The zero-order valence-electron chi connectivity index (χ0n) is 37.3. The van der Waals surface area contributed by atoms with E-state index in [2.05, 4.69) is 180 Å².